The molecule has 0 aromatic carbocycles. The standard InChI is InChI=1S/C50H80O21/c1-8-22-15-48(7,61)40-23-9-10-28-46(5)13-12-29(45(3,4)27(46)11-14-47(28,6)49(23)19-50(40,71-22)64-20-49)67-43-39(70-42-36(60)33(57)30(54)21(2)65-42)37(25(53)18-63-43)68-44-38(34(58)32(56)26(16-51)66-44)69-41-35(59)31(55)24(52)17-62-41/h8,21-44,51-61H,1,9-20H2,2-7H3/t21-,22-,23+,24+,25-,26+,27-,28+,29-,30-,31-,32+,33+,34-,35+,36+,37-,38+,39+,40-,41-,42-,43-,44-,46-,47+,48-,49-,50-/m0/s1. The molecule has 0 aromatic heterocycles. The van der Waals surface area contributed by atoms with E-state index in [-0.39, 0.29) is 46.7 Å². The fourth-order valence-electron chi connectivity index (χ4n) is 16.6. The van der Waals surface area contributed by atoms with Gasteiger partial charge in [0.15, 0.2) is 30.9 Å². The monoisotopic (exact) mass is 1020 g/mol. The zero-order valence-corrected chi connectivity index (χ0v) is 41.6. The Morgan fingerprint density at radius 3 is 2.04 bits per heavy atom. The third-order valence-electron chi connectivity index (χ3n) is 20.2. The van der Waals surface area contributed by atoms with Crippen LogP contribution in [0.15, 0.2) is 12.7 Å². The van der Waals surface area contributed by atoms with Gasteiger partial charge >= 0.3 is 0 Å². The Hall–Kier alpha value is -1.10. The van der Waals surface area contributed by atoms with Crippen LogP contribution in [0.25, 0.3) is 0 Å². The fourth-order valence-corrected chi connectivity index (χ4v) is 16.6. The Morgan fingerprint density at radius 2 is 1.32 bits per heavy atom. The first kappa shape index (κ1) is 53.3. The molecule has 406 valence electrons. The van der Waals surface area contributed by atoms with E-state index in [2.05, 4.69) is 34.3 Å². The largest absolute Gasteiger partial charge is 0.394 e. The lowest BCUT2D eigenvalue weighted by atomic mass is 9.35. The Morgan fingerprint density at radius 1 is 0.648 bits per heavy atom. The molecule has 6 aliphatic heterocycles. The van der Waals surface area contributed by atoms with Gasteiger partial charge in [-0.2, -0.15) is 0 Å². The number of aliphatic hydroxyl groups is 11. The number of hydrogen-bond donors (Lipinski definition) is 11. The van der Waals surface area contributed by atoms with Crippen LogP contribution in [0.5, 0.6) is 0 Å². The highest BCUT2D eigenvalue weighted by Gasteiger charge is 2.81. The zero-order chi connectivity index (χ0) is 51.1. The van der Waals surface area contributed by atoms with Crippen LogP contribution in [-0.4, -0.2) is 217 Å². The maximum Gasteiger partial charge on any atom is 0.187 e. The van der Waals surface area contributed by atoms with Crippen LogP contribution in [0.2, 0.25) is 0 Å². The average molecular weight is 1020 g/mol. The van der Waals surface area contributed by atoms with Crippen LogP contribution in [-0.2, 0) is 47.4 Å². The molecule has 29 atom stereocenters. The summed E-state index contributed by atoms with van der Waals surface area (Å²) in [6.45, 7) is 15.7. The molecule has 0 unspecified atom stereocenters. The summed E-state index contributed by atoms with van der Waals surface area (Å²) in [5, 5.41) is 120. The summed E-state index contributed by atoms with van der Waals surface area (Å²) in [5.41, 5.74) is -1.88. The number of fused-ring (bicyclic) bond motifs is 4. The summed E-state index contributed by atoms with van der Waals surface area (Å²) in [6, 6.07) is 0. The van der Waals surface area contributed by atoms with Gasteiger partial charge in [-0.25, -0.2) is 0 Å². The topological polar surface area (TPSA) is 315 Å². The van der Waals surface area contributed by atoms with Crippen molar-refractivity contribution in [2.75, 3.05) is 26.4 Å². The van der Waals surface area contributed by atoms with E-state index in [9.17, 15) is 56.2 Å². The van der Waals surface area contributed by atoms with Crippen molar-refractivity contribution < 1.29 is 104 Å². The van der Waals surface area contributed by atoms with Crippen molar-refractivity contribution in [2.45, 2.75) is 227 Å². The normalized spacial score (nSPS) is 58.8. The quantitative estimate of drug-likeness (QED) is 0.0893. The van der Waals surface area contributed by atoms with Crippen molar-refractivity contribution >= 4 is 0 Å². The molecule has 10 rings (SSSR count). The molecule has 21 heteroatoms. The Bertz CT molecular complexity index is 1930. The molecular formula is C50H80O21. The van der Waals surface area contributed by atoms with Gasteiger partial charge in [-0.05, 0) is 86.4 Å². The number of rotatable bonds is 10. The third-order valence-corrected chi connectivity index (χ3v) is 20.2. The van der Waals surface area contributed by atoms with Crippen molar-refractivity contribution in [1.29, 1.82) is 0 Å². The fraction of sp³-hybridized carbons (Fsp3) is 0.960. The Kier molecular flexibility index (Phi) is 14.1. The van der Waals surface area contributed by atoms with E-state index in [1.54, 1.807) is 6.08 Å². The lowest BCUT2D eigenvalue weighted by Gasteiger charge is -2.70. The van der Waals surface area contributed by atoms with Crippen LogP contribution in [0.4, 0.5) is 0 Å². The van der Waals surface area contributed by atoms with Gasteiger partial charge in [0.2, 0.25) is 0 Å². The zero-order valence-electron chi connectivity index (χ0n) is 41.6. The molecule has 6 saturated heterocycles. The summed E-state index contributed by atoms with van der Waals surface area (Å²) < 4.78 is 63.0. The SMILES string of the molecule is C=C[C@H]1C[C@](C)(O)[C@@H]2[C@H]3CC[C@@H]4[C@@]5(C)CC[C@H](O[C@@H]6OC[C@H](O)[C@H](O[C@@H]7O[C@H](CO)[C@@H](O)[C@H](O)[C@H]7O[C@@H]7OC[C@@H](O)[C@H](O)[C@H]7O)[C@H]6O[C@@H]6O[C@@H](C)[C@H](O)[C@@H](O)[C@H]6O)C(C)(C)[C@@H]5CC[C@@]4(C)[C@@]34CO[C@@]2(C4)O1. The molecule has 0 radical (unpaired) electrons. The van der Waals surface area contributed by atoms with Crippen molar-refractivity contribution in [2.24, 2.45) is 45.3 Å². The van der Waals surface area contributed by atoms with Crippen molar-refractivity contribution in [1.82, 2.24) is 0 Å². The van der Waals surface area contributed by atoms with E-state index in [4.69, 9.17) is 47.4 Å². The minimum atomic E-state index is -1.87. The van der Waals surface area contributed by atoms with Crippen molar-refractivity contribution in [3.8, 4) is 0 Å². The van der Waals surface area contributed by atoms with Crippen molar-refractivity contribution in [3.05, 3.63) is 12.7 Å². The molecule has 0 aromatic rings. The third kappa shape index (κ3) is 8.20. The second-order valence-electron chi connectivity index (χ2n) is 24.3. The Balaban J connectivity index is 0.923. The summed E-state index contributed by atoms with van der Waals surface area (Å²) in [7, 11) is 0. The summed E-state index contributed by atoms with van der Waals surface area (Å²) in [5.74, 6) is -0.263. The molecule has 4 aliphatic carbocycles. The molecule has 0 amide bonds. The lowest BCUT2D eigenvalue weighted by Crippen LogP contribution is -2.68. The number of ether oxygens (including phenoxy) is 10. The minimum absolute atomic E-state index is 0.110. The summed E-state index contributed by atoms with van der Waals surface area (Å²) in [4.78, 5) is 0. The van der Waals surface area contributed by atoms with E-state index >= 15 is 0 Å². The molecule has 10 fully saturated rings. The minimum Gasteiger partial charge on any atom is -0.394 e. The van der Waals surface area contributed by atoms with Crippen LogP contribution in [0.3, 0.4) is 0 Å². The van der Waals surface area contributed by atoms with Crippen LogP contribution in [0.1, 0.15) is 92.9 Å². The van der Waals surface area contributed by atoms with Gasteiger partial charge < -0.3 is 104 Å². The van der Waals surface area contributed by atoms with Crippen LogP contribution < -0.4 is 0 Å². The smallest absolute Gasteiger partial charge is 0.187 e. The van der Waals surface area contributed by atoms with Crippen molar-refractivity contribution in [3.63, 3.8) is 0 Å². The first-order valence-corrected chi connectivity index (χ1v) is 25.9. The lowest BCUT2D eigenvalue weighted by molar-refractivity contribution is -0.399. The maximum atomic E-state index is 12.1. The number of hydrogen-bond acceptors (Lipinski definition) is 21. The van der Waals surface area contributed by atoms with Gasteiger partial charge in [-0.1, -0.05) is 33.8 Å². The highest BCUT2D eigenvalue weighted by molar-refractivity contribution is 5.26. The molecule has 71 heavy (non-hydrogen) atoms. The predicted molar refractivity (Wildman–Crippen MR) is 241 cm³/mol. The van der Waals surface area contributed by atoms with E-state index < -0.39 is 147 Å². The Labute approximate surface area is 414 Å². The molecular weight excluding hydrogens is 937 g/mol. The van der Waals surface area contributed by atoms with Gasteiger partial charge in [-0.15, -0.1) is 6.58 Å². The summed E-state index contributed by atoms with van der Waals surface area (Å²) in [6.07, 6.45) is -21.3. The first-order valence-electron chi connectivity index (χ1n) is 25.9. The first-order chi connectivity index (χ1) is 33.4. The second-order valence-corrected chi connectivity index (χ2v) is 24.3. The molecule has 11 N–H and O–H groups in total. The van der Waals surface area contributed by atoms with Gasteiger partial charge in [0.25, 0.3) is 0 Å². The highest BCUT2D eigenvalue weighted by atomic mass is 16.8. The highest BCUT2D eigenvalue weighted by Crippen LogP contribution is 2.80. The molecule has 10 aliphatic rings. The molecule has 2 spiro atoms. The van der Waals surface area contributed by atoms with E-state index in [0.29, 0.717) is 25.4 Å². The van der Waals surface area contributed by atoms with Gasteiger partial charge in [-0.3, -0.25) is 0 Å². The number of aliphatic hydroxyl groups excluding tert-OH is 10. The van der Waals surface area contributed by atoms with Gasteiger partial charge in [0.1, 0.15) is 79.4 Å². The maximum absolute atomic E-state index is 12.1. The second kappa shape index (κ2) is 18.8. The summed E-state index contributed by atoms with van der Waals surface area (Å²) >= 11 is 0. The van der Waals surface area contributed by atoms with E-state index in [0.717, 1.165) is 38.5 Å². The molecule has 21 nitrogen and oxygen atoms in total. The molecule has 2 bridgehead atoms. The van der Waals surface area contributed by atoms with E-state index in [1.807, 2.05) is 6.92 Å². The molecule has 4 saturated carbocycles. The predicted octanol–water partition coefficient (Wildman–Crippen LogP) is -1.32. The van der Waals surface area contributed by atoms with Crippen LogP contribution in [0, 0.1) is 45.3 Å². The van der Waals surface area contributed by atoms with Gasteiger partial charge in [0.05, 0.1) is 50.3 Å². The van der Waals surface area contributed by atoms with Crippen LogP contribution >= 0.6 is 0 Å². The van der Waals surface area contributed by atoms with Gasteiger partial charge in [0, 0.05) is 24.2 Å². The molecule has 6 heterocycles. The average Bonchev–Trinajstić information content (AvgIpc) is 3.85. The van der Waals surface area contributed by atoms with E-state index in [1.165, 1.54) is 6.92 Å².